The van der Waals surface area contributed by atoms with Gasteiger partial charge in [0.1, 0.15) is 11.5 Å². The molecule has 166 valence electrons. The summed E-state index contributed by atoms with van der Waals surface area (Å²) in [4.78, 5) is 27.6. The molecule has 1 unspecified atom stereocenters. The molecule has 0 aliphatic carbocycles. The number of anilines is 1. The van der Waals surface area contributed by atoms with Gasteiger partial charge in [-0.15, -0.1) is 0 Å². The summed E-state index contributed by atoms with van der Waals surface area (Å²) in [6.07, 6.45) is 1.72. The van der Waals surface area contributed by atoms with Crippen molar-refractivity contribution in [3.8, 4) is 11.5 Å². The Hall–Kier alpha value is -3.26. The summed E-state index contributed by atoms with van der Waals surface area (Å²) in [6.45, 7) is 0.640. The Morgan fingerprint density at radius 2 is 1.94 bits per heavy atom. The lowest BCUT2D eigenvalue weighted by Gasteiger charge is -2.27. The molecule has 2 aromatic carbocycles. The quantitative estimate of drug-likeness (QED) is 0.499. The molecule has 1 aliphatic heterocycles. The highest BCUT2D eigenvalue weighted by Gasteiger charge is 2.33. The number of furan rings is 1. The topological polar surface area (TPSA) is 81.0 Å². The van der Waals surface area contributed by atoms with Crippen LogP contribution in [-0.2, 0) is 0 Å². The molecular weight excluding hydrogens is 476 g/mol. The zero-order chi connectivity index (χ0) is 22.7. The SMILES string of the molecule is COc1ccc(OC)c(C2CCCN2C(=O)c2cccc(NC(=O)c3ccc(Br)o3)c2)c1. The number of likely N-dealkylation sites (tertiary alicyclic amines) is 1. The fourth-order valence-corrected chi connectivity index (χ4v) is 4.26. The van der Waals surface area contributed by atoms with Crippen LogP contribution in [0.15, 0.2) is 63.7 Å². The van der Waals surface area contributed by atoms with Crippen LogP contribution in [0.1, 0.15) is 45.4 Å². The maximum atomic E-state index is 13.4. The van der Waals surface area contributed by atoms with Crippen LogP contribution in [0.2, 0.25) is 0 Å². The minimum absolute atomic E-state index is 0.103. The van der Waals surface area contributed by atoms with E-state index in [1.165, 1.54) is 0 Å². The number of rotatable bonds is 6. The van der Waals surface area contributed by atoms with Crippen molar-refractivity contribution < 1.29 is 23.5 Å². The van der Waals surface area contributed by atoms with E-state index in [1.54, 1.807) is 50.6 Å². The Balaban J connectivity index is 1.56. The van der Waals surface area contributed by atoms with Crippen LogP contribution in [0, 0.1) is 0 Å². The van der Waals surface area contributed by atoms with Gasteiger partial charge in [-0.25, -0.2) is 0 Å². The smallest absolute Gasteiger partial charge is 0.291 e. The predicted octanol–water partition coefficient (Wildman–Crippen LogP) is 5.29. The second kappa shape index (κ2) is 9.48. The zero-order valence-electron chi connectivity index (χ0n) is 17.8. The van der Waals surface area contributed by atoms with E-state index in [1.807, 2.05) is 23.1 Å². The van der Waals surface area contributed by atoms with Gasteiger partial charge in [0.15, 0.2) is 10.4 Å². The molecular formula is C24H23BrN2O5. The van der Waals surface area contributed by atoms with Gasteiger partial charge in [-0.1, -0.05) is 6.07 Å². The van der Waals surface area contributed by atoms with Crippen molar-refractivity contribution >= 4 is 33.4 Å². The fraction of sp³-hybridized carbons (Fsp3) is 0.250. The summed E-state index contributed by atoms with van der Waals surface area (Å²) in [5.74, 6) is 1.13. The maximum Gasteiger partial charge on any atom is 0.291 e. The van der Waals surface area contributed by atoms with E-state index in [0.717, 1.165) is 29.9 Å². The van der Waals surface area contributed by atoms with Gasteiger partial charge in [-0.05, 0) is 77.3 Å². The van der Waals surface area contributed by atoms with Crippen LogP contribution >= 0.6 is 15.9 Å². The third kappa shape index (κ3) is 4.50. The lowest BCUT2D eigenvalue weighted by atomic mass is 10.0. The summed E-state index contributed by atoms with van der Waals surface area (Å²) in [5, 5.41) is 2.77. The molecule has 1 atom stereocenters. The molecule has 8 heteroatoms. The van der Waals surface area contributed by atoms with E-state index in [2.05, 4.69) is 21.2 Å². The van der Waals surface area contributed by atoms with E-state index in [4.69, 9.17) is 13.9 Å². The lowest BCUT2D eigenvalue weighted by molar-refractivity contribution is 0.0733. The molecule has 2 amide bonds. The van der Waals surface area contributed by atoms with Gasteiger partial charge < -0.3 is 24.1 Å². The van der Waals surface area contributed by atoms with Gasteiger partial charge in [-0.3, -0.25) is 9.59 Å². The van der Waals surface area contributed by atoms with Gasteiger partial charge in [0, 0.05) is 23.4 Å². The normalized spacial score (nSPS) is 15.5. The zero-order valence-corrected chi connectivity index (χ0v) is 19.3. The van der Waals surface area contributed by atoms with Gasteiger partial charge in [0.2, 0.25) is 0 Å². The summed E-state index contributed by atoms with van der Waals surface area (Å²) in [5.41, 5.74) is 1.94. The second-order valence-corrected chi connectivity index (χ2v) is 8.18. The lowest BCUT2D eigenvalue weighted by Crippen LogP contribution is -2.30. The summed E-state index contributed by atoms with van der Waals surface area (Å²) >= 11 is 3.18. The number of carbonyl (C=O) groups excluding carboxylic acids is 2. The number of ether oxygens (including phenoxy) is 2. The average molecular weight is 499 g/mol. The third-order valence-electron chi connectivity index (χ3n) is 5.47. The number of methoxy groups -OCH3 is 2. The molecule has 1 fully saturated rings. The Kier molecular flexibility index (Phi) is 6.50. The fourth-order valence-electron chi connectivity index (χ4n) is 3.96. The Bertz CT molecular complexity index is 1140. The number of hydrogen-bond acceptors (Lipinski definition) is 5. The number of carbonyl (C=O) groups is 2. The minimum Gasteiger partial charge on any atom is -0.497 e. The molecule has 1 saturated heterocycles. The Morgan fingerprint density at radius 3 is 2.66 bits per heavy atom. The van der Waals surface area contributed by atoms with Gasteiger partial charge >= 0.3 is 0 Å². The number of nitrogens with one attached hydrogen (secondary N) is 1. The molecule has 1 aliphatic rings. The molecule has 3 aromatic rings. The summed E-state index contributed by atoms with van der Waals surface area (Å²) < 4.78 is 16.7. The first-order valence-electron chi connectivity index (χ1n) is 10.2. The standard InChI is InChI=1S/C24H23BrN2O5/c1-30-17-8-9-20(31-2)18(14-17)19-7-4-12-27(19)24(29)15-5-3-6-16(13-15)26-23(28)21-10-11-22(25)32-21/h3,5-6,8-11,13-14,19H,4,7,12H2,1-2H3,(H,26,28). The van der Waals surface area contributed by atoms with Crippen molar-refractivity contribution in [2.45, 2.75) is 18.9 Å². The van der Waals surface area contributed by atoms with Crippen LogP contribution in [0.5, 0.6) is 11.5 Å². The molecule has 0 spiro atoms. The van der Waals surface area contributed by atoms with Crippen molar-refractivity contribution in [3.05, 3.63) is 76.2 Å². The first kappa shape index (κ1) is 22.0. The van der Waals surface area contributed by atoms with Crippen LogP contribution in [-0.4, -0.2) is 37.5 Å². The molecule has 0 radical (unpaired) electrons. The predicted molar refractivity (Wildman–Crippen MR) is 123 cm³/mol. The first-order chi connectivity index (χ1) is 15.5. The van der Waals surface area contributed by atoms with E-state index in [-0.39, 0.29) is 23.6 Å². The molecule has 1 N–H and O–H groups in total. The van der Waals surface area contributed by atoms with Gasteiger partial charge in [-0.2, -0.15) is 0 Å². The van der Waals surface area contributed by atoms with E-state index < -0.39 is 0 Å². The number of amides is 2. The molecule has 1 aromatic heterocycles. The highest BCUT2D eigenvalue weighted by Crippen LogP contribution is 2.39. The monoisotopic (exact) mass is 498 g/mol. The molecule has 7 nitrogen and oxygen atoms in total. The number of benzene rings is 2. The van der Waals surface area contributed by atoms with Crippen molar-refractivity contribution in [1.29, 1.82) is 0 Å². The van der Waals surface area contributed by atoms with E-state index >= 15 is 0 Å². The number of halogens is 1. The molecule has 32 heavy (non-hydrogen) atoms. The molecule has 2 heterocycles. The first-order valence-corrected chi connectivity index (χ1v) is 11.0. The van der Waals surface area contributed by atoms with Crippen LogP contribution in [0.3, 0.4) is 0 Å². The van der Waals surface area contributed by atoms with E-state index in [0.29, 0.717) is 22.5 Å². The summed E-state index contributed by atoms with van der Waals surface area (Å²) in [6, 6.07) is 15.6. The third-order valence-corrected chi connectivity index (χ3v) is 5.90. The average Bonchev–Trinajstić information content (AvgIpc) is 3.47. The van der Waals surface area contributed by atoms with Crippen LogP contribution < -0.4 is 14.8 Å². The molecule has 0 bridgehead atoms. The minimum atomic E-state index is -0.388. The highest BCUT2D eigenvalue weighted by atomic mass is 79.9. The van der Waals surface area contributed by atoms with Crippen LogP contribution in [0.4, 0.5) is 5.69 Å². The highest BCUT2D eigenvalue weighted by molar-refractivity contribution is 9.10. The number of hydrogen-bond donors (Lipinski definition) is 1. The summed E-state index contributed by atoms with van der Waals surface area (Å²) in [7, 11) is 3.24. The number of nitrogens with zero attached hydrogens (tertiary/aromatic N) is 1. The largest absolute Gasteiger partial charge is 0.497 e. The maximum absolute atomic E-state index is 13.4. The van der Waals surface area contributed by atoms with Gasteiger partial charge in [0.25, 0.3) is 11.8 Å². The Morgan fingerprint density at radius 1 is 1.09 bits per heavy atom. The molecule has 0 saturated carbocycles. The molecule has 4 rings (SSSR count). The van der Waals surface area contributed by atoms with Crippen molar-refractivity contribution in [1.82, 2.24) is 4.90 Å². The second-order valence-electron chi connectivity index (χ2n) is 7.40. The van der Waals surface area contributed by atoms with Crippen molar-refractivity contribution in [3.63, 3.8) is 0 Å². The van der Waals surface area contributed by atoms with Crippen molar-refractivity contribution in [2.24, 2.45) is 0 Å². The van der Waals surface area contributed by atoms with E-state index in [9.17, 15) is 9.59 Å². The Labute approximate surface area is 194 Å². The van der Waals surface area contributed by atoms with Crippen LogP contribution in [0.25, 0.3) is 0 Å². The van der Waals surface area contributed by atoms with Crippen molar-refractivity contribution in [2.75, 3.05) is 26.1 Å². The van der Waals surface area contributed by atoms with Gasteiger partial charge in [0.05, 0.1) is 20.3 Å².